The smallest absolute Gasteiger partial charge is 0.248 e. The molecule has 1 heterocycles. The molecule has 1 aromatic heterocycles. The molecule has 9 heteroatoms. The predicted octanol–water partition coefficient (Wildman–Crippen LogP) is 2.99. The van der Waals surface area contributed by atoms with E-state index in [2.05, 4.69) is 41.0 Å². The first-order valence-corrected chi connectivity index (χ1v) is 7.92. The average Bonchev–Trinajstić information content (AvgIpc) is 2.47. The molecule has 2 rings (SSSR count). The number of anilines is 3. The SMILES string of the molecule is CN(CC(C)(C)C)c1nc(Cl)nc(Nc2cc(C(N)=O)ccc2F)n1. The van der Waals surface area contributed by atoms with Crippen molar-refractivity contribution in [1.82, 2.24) is 15.0 Å². The van der Waals surface area contributed by atoms with Crippen LogP contribution in [0.2, 0.25) is 5.28 Å². The molecule has 0 aliphatic heterocycles. The summed E-state index contributed by atoms with van der Waals surface area (Å²) in [5.41, 5.74) is 5.41. The molecule has 0 fully saturated rings. The maximum atomic E-state index is 14.0. The maximum Gasteiger partial charge on any atom is 0.248 e. The van der Waals surface area contributed by atoms with Crippen molar-refractivity contribution in [3.8, 4) is 0 Å². The molecule has 25 heavy (non-hydrogen) atoms. The van der Waals surface area contributed by atoms with E-state index in [0.717, 1.165) is 6.07 Å². The summed E-state index contributed by atoms with van der Waals surface area (Å²) in [5, 5.41) is 2.68. The van der Waals surface area contributed by atoms with E-state index in [1.807, 2.05) is 11.9 Å². The summed E-state index contributed by atoms with van der Waals surface area (Å²) >= 11 is 5.96. The first kappa shape index (κ1) is 18.9. The second kappa shape index (κ2) is 7.18. The van der Waals surface area contributed by atoms with Gasteiger partial charge in [0.25, 0.3) is 0 Å². The third-order valence-corrected chi connectivity index (χ3v) is 3.32. The number of nitrogens with one attached hydrogen (secondary N) is 1. The zero-order valence-electron chi connectivity index (χ0n) is 14.5. The van der Waals surface area contributed by atoms with Crippen LogP contribution in [0.3, 0.4) is 0 Å². The van der Waals surface area contributed by atoms with Gasteiger partial charge < -0.3 is 16.0 Å². The topological polar surface area (TPSA) is 97.0 Å². The molecular formula is C16H20ClFN6O. The van der Waals surface area contributed by atoms with Gasteiger partial charge in [0, 0.05) is 19.2 Å². The molecule has 0 saturated heterocycles. The fourth-order valence-corrected chi connectivity index (χ4v) is 2.40. The number of nitrogens with two attached hydrogens (primary N) is 1. The van der Waals surface area contributed by atoms with E-state index in [-0.39, 0.29) is 27.9 Å². The third kappa shape index (κ3) is 5.25. The molecule has 0 aliphatic carbocycles. The molecule has 1 amide bonds. The van der Waals surface area contributed by atoms with Crippen molar-refractivity contribution in [1.29, 1.82) is 0 Å². The molecule has 134 valence electrons. The summed E-state index contributed by atoms with van der Waals surface area (Å²) in [6.07, 6.45) is 0. The summed E-state index contributed by atoms with van der Waals surface area (Å²) in [7, 11) is 1.83. The van der Waals surface area contributed by atoms with Gasteiger partial charge in [0.05, 0.1) is 5.69 Å². The number of aromatic nitrogens is 3. The Hall–Kier alpha value is -2.48. The third-order valence-electron chi connectivity index (χ3n) is 3.15. The Labute approximate surface area is 150 Å². The lowest BCUT2D eigenvalue weighted by atomic mass is 9.96. The number of amides is 1. The maximum absolute atomic E-state index is 14.0. The second-order valence-electron chi connectivity index (χ2n) is 6.83. The van der Waals surface area contributed by atoms with Gasteiger partial charge in [0.1, 0.15) is 5.82 Å². The van der Waals surface area contributed by atoms with Gasteiger partial charge in [-0.2, -0.15) is 15.0 Å². The number of carbonyl (C=O) groups is 1. The van der Waals surface area contributed by atoms with Crippen molar-refractivity contribution in [3.05, 3.63) is 34.9 Å². The van der Waals surface area contributed by atoms with Crippen LogP contribution in [0.25, 0.3) is 0 Å². The standard InChI is InChI=1S/C16H20ClFN6O/c1-16(2,3)8-24(4)15-22-13(17)21-14(23-15)20-11-7-9(12(19)25)5-6-10(11)18/h5-7H,8H2,1-4H3,(H2,19,25)(H,20,21,22,23). The van der Waals surface area contributed by atoms with Gasteiger partial charge in [0.15, 0.2) is 0 Å². The van der Waals surface area contributed by atoms with Crippen molar-refractivity contribution < 1.29 is 9.18 Å². The molecular weight excluding hydrogens is 347 g/mol. The molecule has 0 radical (unpaired) electrons. The van der Waals surface area contributed by atoms with Gasteiger partial charge in [0.2, 0.25) is 23.1 Å². The highest BCUT2D eigenvalue weighted by atomic mass is 35.5. The van der Waals surface area contributed by atoms with Crippen molar-refractivity contribution in [2.24, 2.45) is 11.1 Å². The second-order valence-corrected chi connectivity index (χ2v) is 7.17. The Morgan fingerprint density at radius 3 is 2.60 bits per heavy atom. The zero-order valence-corrected chi connectivity index (χ0v) is 15.2. The molecule has 3 N–H and O–H groups in total. The highest BCUT2D eigenvalue weighted by Gasteiger charge is 2.17. The lowest BCUT2D eigenvalue weighted by Gasteiger charge is -2.26. The fourth-order valence-electron chi connectivity index (χ4n) is 2.24. The van der Waals surface area contributed by atoms with Gasteiger partial charge in [-0.25, -0.2) is 4.39 Å². The monoisotopic (exact) mass is 366 g/mol. The molecule has 0 atom stereocenters. The number of rotatable bonds is 5. The lowest BCUT2D eigenvalue weighted by Crippen LogP contribution is -2.30. The van der Waals surface area contributed by atoms with Gasteiger partial charge in [-0.1, -0.05) is 20.8 Å². The molecule has 2 aromatic rings. The Morgan fingerprint density at radius 1 is 1.32 bits per heavy atom. The highest BCUT2D eigenvalue weighted by Crippen LogP contribution is 2.23. The van der Waals surface area contributed by atoms with E-state index >= 15 is 0 Å². The Kier molecular flexibility index (Phi) is 5.42. The van der Waals surface area contributed by atoms with E-state index in [1.165, 1.54) is 12.1 Å². The van der Waals surface area contributed by atoms with Crippen LogP contribution in [0, 0.1) is 11.2 Å². The largest absolute Gasteiger partial charge is 0.366 e. The van der Waals surface area contributed by atoms with E-state index in [9.17, 15) is 9.18 Å². The minimum absolute atomic E-state index is 0.0167. The Balaban J connectivity index is 2.32. The molecule has 7 nitrogen and oxygen atoms in total. The van der Waals surface area contributed by atoms with Crippen LogP contribution in [-0.4, -0.2) is 34.5 Å². The highest BCUT2D eigenvalue weighted by molar-refractivity contribution is 6.28. The Morgan fingerprint density at radius 2 is 2.00 bits per heavy atom. The number of nitrogens with zero attached hydrogens (tertiary/aromatic N) is 4. The Bertz CT molecular complexity index is 793. The number of primary amides is 1. The van der Waals surface area contributed by atoms with E-state index in [0.29, 0.717) is 12.5 Å². The van der Waals surface area contributed by atoms with Crippen molar-refractivity contribution in [2.75, 3.05) is 23.8 Å². The zero-order chi connectivity index (χ0) is 18.8. The van der Waals surface area contributed by atoms with Crippen LogP contribution < -0.4 is 16.0 Å². The molecule has 0 bridgehead atoms. The molecule has 0 saturated carbocycles. The summed E-state index contributed by atoms with van der Waals surface area (Å²) in [6.45, 7) is 6.92. The van der Waals surface area contributed by atoms with Gasteiger partial charge in [-0.05, 0) is 35.2 Å². The fraction of sp³-hybridized carbons (Fsp3) is 0.375. The number of hydrogen-bond acceptors (Lipinski definition) is 6. The van der Waals surface area contributed by atoms with E-state index in [4.69, 9.17) is 17.3 Å². The van der Waals surface area contributed by atoms with E-state index in [1.54, 1.807) is 0 Å². The summed E-state index contributed by atoms with van der Waals surface area (Å²) in [4.78, 5) is 25.4. The van der Waals surface area contributed by atoms with Crippen LogP contribution in [0.1, 0.15) is 31.1 Å². The van der Waals surface area contributed by atoms with Crippen LogP contribution >= 0.6 is 11.6 Å². The normalized spacial score (nSPS) is 11.3. The summed E-state index contributed by atoms with van der Waals surface area (Å²) < 4.78 is 14.0. The van der Waals surface area contributed by atoms with Crippen molar-refractivity contribution >= 4 is 35.1 Å². The summed E-state index contributed by atoms with van der Waals surface area (Å²) in [5.74, 6) is -0.825. The molecule has 0 unspecified atom stereocenters. The minimum Gasteiger partial charge on any atom is -0.366 e. The van der Waals surface area contributed by atoms with Gasteiger partial charge in [-0.3, -0.25) is 4.79 Å². The quantitative estimate of drug-likeness (QED) is 0.844. The van der Waals surface area contributed by atoms with Crippen LogP contribution in [0.15, 0.2) is 18.2 Å². The molecule has 0 spiro atoms. The van der Waals surface area contributed by atoms with Gasteiger partial charge in [-0.15, -0.1) is 0 Å². The lowest BCUT2D eigenvalue weighted by molar-refractivity contribution is 0.100. The van der Waals surface area contributed by atoms with Crippen molar-refractivity contribution in [3.63, 3.8) is 0 Å². The average molecular weight is 367 g/mol. The number of hydrogen-bond donors (Lipinski definition) is 2. The first-order valence-electron chi connectivity index (χ1n) is 7.54. The molecule has 0 aliphatic rings. The van der Waals surface area contributed by atoms with Gasteiger partial charge >= 0.3 is 0 Å². The van der Waals surface area contributed by atoms with Crippen LogP contribution in [0.5, 0.6) is 0 Å². The first-order chi connectivity index (χ1) is 11.5. The summed E-state index contributed by atoms with van der Waals surface area (Å²) in [6, 6.07) is 3.72. The van der Waals surface area contributed by atoms with Crippen LogP contribution in [-0.2, 0) is 0 Å². The predicted molar refractivity (Wildman–Crippen MR) is 95.8 cm³/mol. The number of carbonyl (C=O) groups excluding carboxylic acids is 1. The van der Waals surface area contributed by atoms with Crippen molar-refractivity contribution in [2.45, 2.75) is 20.8 Å². The number of halogens is 2. The number of benzene rings is 1. The minimum atomic E-state index is -0.665. The van der Waals surface area contributed by atoms with E-state index < -0.39 is 11.7 Å². The van der Waals surface area contributed by atoms with Crippen LogP contribution in [0.4, 0.5) is 22.0 Å². The molecule has 1 aromatic carbocycles.